The lowest BCUT2D eigenvalue weighted by atomic mass is 10.0. The molecule has 1 aromatic carbocycles. The van der Waals surface area contributed by atoms with Crippen LogP contribution in [0.2, 0.25) is 0 Å². The van der Waals surface area contributed by atoms with Gasteiger partial charge < -0.3 is 19.2 Å². The second-order valence-electron chi connectivity index (χ2n) is 5.05. The smallest absolute Gasteiger partial charge is 0.342 e. The number of fused-ring (bicyclic) bond motifs is 1. The number of rotatable bonds is 4. The van der Waals surface area contributed by atoms with E-state index in [9.17, 15) is 14.3 Å². The fraction of sp³-hybridized carbons (Fsp3) is 0.400. The highest BCUT2D eigenvalue weighted by Crippen LogP contribution is 2.36. The number of benzene rings is 1. The molecule has 0 saturated carbocycles. The summed E-state index contributed by atoms with van der Waals surface area (Å²) < 4.78 is 24.3. The lowest BCUT2D eigenvalue weighted by Gasteiger charge is -2.13. The number of furan rings is 1. The van der Waals surface area contributed by atoms with Gasteiger partial charge in [-0.3, -0.25) is 0 Å². The Morgan fingerprint density at radius 1 is 1.48 bits per heavy atom. The molecule has 0 spiro atoms. The summed E-state index contributed by atoms with van der Waals surface area (Å²) in [5.74, 6) is -1.45. The lowest BCUT2D eigenvalue weighted by Crippen LogP contribution is -2.13. The summed E-state index contributed by atoms with van der Waals surface area (Å²) in [6.45, 7) is 3.81. The summed E-state index contributed by atoms with van der Waals surface area (Å²) in [7, 11) is 3.57. The zero-order valence-electron chi connectivity index (χ0n) is 12.5. The van der Waals surface area contributed by atoms with E-state index in [0.29, 0.717) is 16.7 Å². The summed E-state index contributed by atoms with van der Waals surface area (Å²) in [6.07, 6.45) is 0. The van der Waals surface area contributed by atoms with Crippen LogP contribution in [0.25, 0.3) is 11.0 Å². The van der Waals surface area contributed by atoms with Crippen molar-refractivity contribution in [3.8, 4) is 5.75 Å². The second-order valence-corrected chi connectivity index (χ2v) is 5.05. The first-order valence-electron chi connectivity index (χ1n) is 6.62. The predicted octanol–water partition coefficient (Wildman–Crippen LogP) is 2.82. The third-order valence-electron chi connectivity index (χ3n) is 3.14. The molecule has 5 nitrogen and oxygen atoms in total. The number of carbonyl (C=O) groups excluding carboxylic acids is 1. The Balaban J connectivity index is 2.77. The van der Waals surface area contributed by atoms with E-state index < -0.39 is 17.5 Å². The Kier molecular flexibility index (Phi) is 4.18. The van der Waals surface area contributed by atoms with E-state index >= 15 is 0 Å². The molecule has 0 amide bonds. The van der Waals surface area contributed by atoms with Crippen molar-refractivity contribution in [1.29, 1.82) is 0 Å². The fourth-order valence-corrected chi connectivity index (χ4v) is 2.33. The molecule has 0 aliphatic heterocycles. The van der Waals surface area contributed by atoms with E-state index in [1.165, 1.54) is 0 Å². The van der Waals surface area contributed by atoms with Crippen molar-refractivity contribution in [1.82, 2.24) is 4.90 Å². The summed E-state index contributed by atoms with van der Waals surface area (Å²) in [5.41, 5.74) is 0.775. The van der Waals surface area contributed by atoms with Crippen LogP contribution in [-0.2, 0) is 11.3 Å². The van der Waals surface area contributed by atoms with Gasteiger partial charge in [0.05, 0.1) is 6.61 Å². The van der Waals surface area contributed by atoms with Gasteiger partial charge in [0.1, 0.15) is 16.9 Å². The van der Waals surface area contributed by atoms with E-state index in [2.05, 4.69) is 0 Å². The van der Waals surface area contributed by atoms with Crippen LogP contribution in [0.1, 0.15) is 28.6 Å². The number of ether oxygens (including phenoxy) is 1. The van der Waals surface area contributed by atoms with Crippen molar-refractivity contribution in [2.45, 2.75) is 20.4 Å². The summed E-state index contributed by atoms with van der Waals surface area (Å²) in [5, 5.41) is 10.4. The molecule has 0 aliphatic carbocycles. The van der Waals surface area contributed by atoms with Gasteiger partial charge in [0.25, 0.3) is 0 Å². The number of hydrogen-bond donors (Lipinski definition) is 1. The molecule has 1 aromatic heterocycles. The Morgan fingerprint density at radius 3 is 2.71 bits per heavy atom. The number of esters is 1. The van der Waals surface area contributed by atoms with Gasteiger partial charge >= 0.3 is 5.97 Å². The maximum Gasteiger partial charge on any atom is 0.342 e. The fourth-order valence-electron chi connectivity index (χ4n) is 2.33. The first-order valence-corrected chi connectivity index (χ1v) is 6.62. The maximum atomic E-state index is 13.8. The average molecular weight is 295 g/mol. The monoisotopic (exact) mass is 295 g/mol. The number of halogens is 1. The zero-order chi connectivity index (χ0) is 15.7. The highest BCUT2D eigenvalue weighted by molar-refractivity contribution is 6.06. The minimum absolute atomic E-state index is 0.223. The molecule has 1 heterocycles. The highest BCUT2D eigenvalue weighted by Gasteiger charge is 2.25. The van der Waals surface area contributed by atoms with Crippen molar-refractivity contribution in [2.24, 2.45) is 0 Å². The topological polar surface area (TPSA) is 62.9 Å². The molecular weight excluding hydrogens is 277 g/mol. The molecule has 1 N–H and O–H groups in total. The molecule has 0 aliphatic rings. The van der Waals surface area contributed by atoms with E-state index in [-0.39, 0.29) is 24.3 Å². The molecule has 0 bridgehead atoms. The van der Waals surface area contributed by atoms with Crippen LogP contribution in [0.5, 0.6) is 5.75 Å². The third kappa shape index (κ3) is 2.71. The number of hydrogen-bond acceptors (Lipinski definition) is 5. The van der Waals surface area contributed by atoms with Crippen LogP contribution < -0.4 is 0 Å². The summed E-state index contributed by atoms with van der Waals surface area (Å²) >= 11 is 0. The van der Waals surface area contributed by atoms with Crippen molar-refractivity contribution in [3.05, 3.63) is 28.8 Å². The molecule has 0 atom stereocenters. The molecule has 2 rings (SSSR count). The maximum absolute atomic E-state index is 13.8. The molecule has 0 unspecified atom stereocenters. The molecule has 0 saturated heterocycles. The zero-order valence-corrected chi connectivity index (χ0v) is 12.5. The molecule has 6 heteroatoms. The van der Waals surface area contributed by atoms with Gasteiger partial charge in [-0.05, 0) is 27.9 Å². The number of nitrogens with zero attached hydrogens (tertiary/aromatic N) is 1. The van der Waals surface area contributed by atoms with Crippen LogP contribution in [0, 0.1) is 12.7 Å². The van der Waals surface area contributed by atoms with Crippen molar-refractivity contribution >= 4 is 16.9 Å². The van der Waals surface area contributed by atoms with Gasteiger partial charge in [0, 0.05) is 23.6 Å². The van der Waals surface area contributed by atoms with Crippen LogP contribution in [0.4, 0.5) is 4.39 Å². The van der Waals surface area contributed by atoms with Crippen molar-refractivity contribution in [3.63, 3.8) is 0 Å². The summed E-state index contributed by atoms with van der Waals surface area (Å²) in [6, 6.07) is 1.08. The van der Waals surface area contributed by atoms with Crippen LogP contribution in [0.3, 0.4) is 0 Å². The molecule has 0 radical (unpaired) electrons. The summed E-state index contributed by atoms with van der Waals surface area (Å²) in [4.78, 5) is 13.9. The van der Waals surface area contributed by atoms with Crippen molar-refractivity contribution in [2.75, 3.05) is 20.7 Å². The third-order valence-corrected chi connectivity index (χ3v) is 3.14. The van der Waals surface area contributed by atoms with Gasteiger partial charge in [-0.1, -0.05) is 0 Å². The van der Waals surface area contributed by atoms with Gasteiger partial charge in [-0.2, -0.15) is 0 Å². The van der Waals surface area contributed by atoms with E-state index in [0.717, 1.165) is 6.07 Å². The molecular formula is C15H18FNO4. The van der Waals surface area contributed by atoms with Crippen LogP contribution >= 0.6 is 0 Å². The van der Waals surface area contributed by atoms with Crippen molar-refractivity contribution < 1.29 is 23.4 Å². The number of aromatic hydroxyl groups is 1. The Labute approximate surface area is 121 Å². The van der Waals surface area contributed by atoms with Gasteiger partial charge in [0.2, 0.25) is 0 Å². The lowest BCUT2D eigenvalue weighted by molar-refractivity contribution is 0.0526. The minimum Gasteiger partial charge on any atom is -0.505 e. The standard InChI is InChI=1S/C15H18FNO4/c1-5-20-15(19)12-8(2)21-11-6-10(16)14(18)9(13(11)12)7-17(3)4/h6,18H,5,7H2,1-4H3. The molecule has 21 heavy (non-hydrogen) atoms. The Hall–Kier alpha value is -2.08. The number of phenolic OH excluding ortho intramolecular Hbond substituents is 1. The predicted molar refractivity (Wildman–Crippen MR) is 75.9 cm³/mol. The quantitative estimate of drug-likeness (QED) is 0.879. The van der Waals surface area contributed by atoms with E-state index in [1.807, 2.05) is 0 Å². The number of phenols is 1. The Morgan fingerprint density at radius 2 is 2.14 bits per heavy atom. The number of aryl methyl sites for hydroxylation is 1. The normalized spacial score (nSPS) is 11.3. The second kappa shape index (κ2) is 5.73. The largest absolute Gasteiger partial charge is 0.505 e. The van der Waals surface area contributed by atoms with E-state index in [1.54, 1.807) is 32.8 Å². The Bertz CT molecular complexity index is 691. The molecule has 0 fully saturated rings. The molecule has 2 aromatic rings. The van der Waals surface area contributed by atoms with Gasteiger partial charge in [-0.25, -0.2) is 9.18 Å². The van der Waals surface area contributed by atoms with Gasteiger partial charge in [-0.15, -0.1) is 0 Å². The first-order chi connectivity index (χ1) is 9.86. The average Bonchev–Trinajstić information content (AvgIpc) is 2.70. The van der Waals surface area contributed by atoms with Crippen LogP contribution in [-0.4, -0.2) is 36.7 Å². The SMILES string of the molecule is CCOC(=O)c1c(C)oc2cc(F)c(O)c(CN(C)C)c12. The van der Waals surface area contributed by atoms with Gasteiger partial charge in [0.15, 0.2) is 11.6 Å². The van der Waals surface area contributed by atoms with Crippen LogP contribution in [0.15, 0.2) is 10.5 Å². The van der Waals surface area contributed by atoms with E-state index in [4.69, 9.17) is 9.15 Å². The first kappa shape index (κ1) is 15.3. The number of carbonyl (C=O) groups is 1. The molecule has 114 valence electrons. The highest BCUT2D eigenvalue weighted by atomic mass is 19.1. The minimum atomic E-state index is -0.775.